The standard InChI is InChI=1S/C10H16O2/c11-6-7-4-5-10(12)9-3-1-2-8(7)9/h4,8-12H,1-3,5-6H2/t8-,9-,10+/m0/s1. The van der Waals surface area contributed by atoms with Crippen LogP contribution in [0.1, 0.15) is 25.7 Å². The lowest BCUT2D eigenvalue weighted by Gasteiger charge is -2.30. The van der Waals surface area contributed by atoms with Gasteiger partial charge in [-0.15, -0.1) is 0 Å². The molecule has 2 heteroatoms. The van der Waals surface area contributed by atoms with E-state index in [2.05, 4.69) is 0 Å². The fourth-order valence-corrected chi connectivity index (χ4v) is 2.69. The van der Waals surface area contributed by atoms with Crippen LogP contribution in [0.5, 0.6) is 0 Å². The summed E-state index contributed by atoms with van der Waals surface area (Å²) in [6.07, 6.45) is 6.14. The monoisotopic (exact) mass is 168 g/mol. The zero-order valence-electron chi connectivity index (χ0n) is 7.24. The third kappa shape index (κ3) is 1.19. The average molecular weight is 168 g/mol. The van der Waals surface area contributed by atoms with E-state index < -0.39 is 0 Å². The molecule has 0 saturated heterocycles. The molecule has 0 amide bonds. The second kappa shape index (κ2) is 3.19. The lowest BCUT2D eigenvalue weighted by molar-refractivity contribution is 0.0839. The quantitative estimate of drug-likeness (QED) is 0.575. The Balaban J connectivity index is 2.18. The van der Waals surface area contributed by atoms with E-state index in [-0.39, 0.29) is 12.7 Å². The summed E-state index contributed by atoms with van der Waals surface area (Å²) in [6, 6.07) is 0. The van der Waals surface area contributed by atoms with Gasteiger partial charge < -0.3 is 10.2 Å². The van der Waals surface area contributed by atoms with Crippen LogP contribution in [0.4, 0.5) is 0 Å². The van der Waals surface area contributed by atoms with Gasteiger partial charge in [0.05, 0.1) is 12.7 Å². The Morgan fingerprint density at radius 1 is 1.42 bits per heavy atom. The number of rotatable bonds is 1. The van der Waals surface area contributed by atoms with Crippen molar-refractivity contribution in [2.75, 3.05) is 6.61 Å². The molecule has 68 valence electrons. The van der Waals surface area contributed by atoms with Crippen LogP contribution in [0.15, 0.2) is 11.6 Å². The highest BCUT2D eigenvalue weighted by Crippen LogP contribution is 2.42. The zero-order valence-corrected chi connectivity index (χ0v) is 7.24. The van der Waals surface area contributed by atoms with Gasteiger partial charge in [-0.1, -0.05) is 12.5 Å². The first kappa shape index (κ1) is 8.27. The van der Waals surface area contributed by atoms with Gasteiger partial charge in [0.1, 0.15) is 0 Å². The predicted octanol–water partition coefficient (Wildman–Crippen LogP) is 1.09. The third-order valence-corrected chi connectivity index (χ3v) is 3.34. The molecule has 0 aromatic heterocycles. The van der Waals surface area contributed by atoms with E-state index in [9.17, 15) is 5.11 Å². The first-order valence-corrected chi connectivity index (χ1v) is 4.80. The first-order valence-electron chi connectivity index (χ1n) is 4.80. The van der Waals surface area contributed by atoms with Gasteiger partial charge in [-0.05, 0) is 36.7 Å². The summed E-state index contributed by atoms with van der Waals surface area (Å²) in [6.45, 7) is 0.188. The summed E-state index contributed by atoms with van der Waals surface area (Å²) >= 11 is 0. The van der Waals surface area contributed by atoms with Gasteiger partial charge in [0, 0.05) is 0 Å². The SMILES string of the molecule is OCC1=CC[C@@H](O)[C@H]2CCC[C@@H]12. The summed E-state index contributed by atoms with van der Waals surface area (Å²) in [5, 5.41) is 18.7. The molecule has 2 aliphatic rings. The van der Waals surface area contributed by atoms with Crippen molar-refractivity contribution in [3.05, 3.63) is 11.6 Å². The van der Waals surface area contributed by atoms with Crippen LogP contribution in [0.2, 0.25) is 0 Å². The molecule has 3 atom stereocenters. The van der Waals surface area contributed by atoms with Crippen molar-refractivity contribution in [2.24, 2.45) is 11.8 Å². The lowest BCUT2D eigenvalue weighted by Crippen LogP contribution is -2.29. The molecule has 2 nitrogen and oxygen atoms in total. The molecule has 0 heterocycles. The fourth-order valence-electron chi connectivity index (χ4n) is 2.69. The van der Waals surface area contributed by atoms with Gasteiger partial charge in [0.15, 0.2) is 0 Å². The van der Waals surface area contributed by atoms with Crippen molar-refractivity contribution >= 4 is 0 Å². The molecule has 0 aromatic carbocycles. The minimum absolute atomic E-state index is 0.146. The van der Waals surface area contributed by atoms with Crippen molar-refractivity contribution in [1.82, 2.24) is 0 Å². The summed E-state index contributed by atoms with van der Waals surface area (Å²) in [4.78, 5) is 0. The molecule has 0 bridgehead atoms. The molecule has 0 aliphatic heterocycles. The number of aliphatic hydroxyl groups is 2. The van der Waals surface area contributed by atoms with Crippen LogP contribution in [-0.4, -0.2) is 22.9 Å². The summed E-state index contributed by atoms with van der Waals surface area (Å²) in [7, 11) is 0. The molecule has 0 radical (unpaired) electrons. The molecule has 1 saturated carbocycles. The molecule has 12 heavy (non-hydrogen) atoms. The first-order chi connectivity index (χ1) is 5.83. The highest BCUT2D eigenvalue weighted by atomic mass is 16.3. The summed E-state index contributed by atoms with van der Waals surface area (Å²) < 4.78 is 0. The van der Waals surface area contributed by atoms with Crippen molar-refractivity contribution in [3.8, 4) is 0 Å². The maximum absolute atomic E-state index is 9.67. The lowest BCUT2D eigenvalue weighted by atomic mass is 9.79. The molecule has 2 rings (SSSR count). The number of aliphatic hydroxyl groups excluding tert-OH is 2. The van der Waals surface area contributed by atoms with Crippen LogP contribution >= 0.6 is 0 Å². The van der Waals surface area contributed by atoms with Crippen molar-refractivity contribution in [3.63, 3.8) is 0 Å². The molecule has 2 aliphatic carbocycles. The number of hydrogen-bond acceptors (Lipinski definition) is 2. The van der Waals surface area contributed by atoms with E-state index in [1.54, 1.807) is 0 Å². The molecule has 0 aromatic rings. The van der Waals surface area contributed by atoms with Crippen LogP contribution in [0, 0.1) is 11.8 Å². The minimum atomic E-state index is -0.146. The molecule has 1 fully saturated rings. The Bertz CT molecular complexity index is 198. The second-order valence-electron chi connectivity index (χ2n) is 3.94. The zero-order chi connectivity index (χ0) is 8.55. The highest BCUT2D eigenvalue weighted by molar-refractivity contribution is 5.16. The average Bonchev–Trinajstić information content (AvgIpc) is 2.54. The summed E-state index contributed by atoms with van der Waals surface area (Å²) in [5.74, 6) is 0.927. The van der Waals surface area contributed by atoms with Gasteiger partial charge in [0.25, 0.3) is 0 Å². The molecule has 2 N–H and O–H groups in total. The maximum Gasteiger partial charge on any atom is 0.0644 e. The highest BCUT2D eigenvalue weighted by Gasteiger charge is 2.36. The minimum Gasteiger partial charge on any atom is -0.392 e. The van der Waals surface area contributed by atoms with Gasteiger partial charge >= 0.3 is 0 Å². The predicted molar refractivity (Wildman–Crippen MR) is 46.6 cm³/mol. The molecule has 0 spiro atoms. The van der Waals surface area contributed by atoms with Gasteiger partial charge in [-0.25, -0.2) is 0 Å². The van der Waals surface area contributed by atoms with E-state index >= 15 is 0 Å². The van der Waals surface area contributed by atoms with Crippen LogP contribution in [0.25, 0.3) is 0 Å². The molecule has 0 unspecified atom stereocenters. The van der Waals surface area contributed by atoms with Gasteiger partial charge in [-0.3, -0.25) is 0 Å². The Morgan fingerprint density at radius 2 is 2.25 bits per heavy atom. The van der Waals surface area contributed by atoms with Crippen LogP contribution < -0.4 is 0 Å². The fraction of sp³-hybridized carbons (Fsp3) is 0.800. The van der Waals surface area contributed by atoms with E-state index in [4.69, 9.17) is 5.11 Å². The normalized spacial score (nSPS) is 40.8. The van der Waals surface area contributed by atoms with E-state index in [1.807, 2.05) is 6.08 Å². The van der Waals surface area contributed by atoms with E-state index in [0.717, 1.165) is 19.3 Å². The van der Waals surface area contributed by atoms with Crippen molar-refractivity contribution in [1.29, 1.82) is 0 Å². The van der Waals surface area contributed by atoms with E-state index in [1.165, 1.54) is 12.0 Å². The number of fused-ring (bicyclic) bond motifs is 1. The third-order valence-electron chi connectivity index (χ3n) is 3.34. The Hall–Kier alpha value is -0.340. The summed E-state index contributed by atoms with van der Waals surface area (Å²) in [5.41, 5.74) is 1.17. The Morgan fingerprint density at radius 3 is 3.00 bits per heavy atom. The van der Waals surface area contributed by atoms with E-state index in [0.29, 0.717) is 11.8 Å². The Kier molecular flexibility index (Phi) is 2.20. The maximum atomic E-state index is 9.67. The van der Waals surface area contributed by atoms with Gasteiger partial charge in [-0.2, -0.15) is 0 Å². The topological polar surface area (TPSA) is 40.5 Å². The van der Waals surface area contributed by atoms with Crippen molar-refractivity contribution < 1.29 is 10.2 Å². The largest absolute Gasteiger partial charge is 0.392 e. The van der Waals surface area contributed by atoms with Crippen LogP contribution in [0.3, 0.4) is 0 Å². The Labute approximate surface area is 72.9 Å². The molecular formula is C10H16O2. The molecular weight excluding hydrogens is 152 g/mol. The smallest absolute Gasteiger partial charge is 0.0644 e. The van der Waals surface area contributed by atoms with Crippen LogP contribution in [-0.2, 0) is 0 Å². The van der Waals surface area contributed by atoms with Crippen molar-refractivity contribution in [2.45, 2.75) is 31.8 Å². The van der Waals surface area contributed by atoms with Gasteiger partial charge in [0.2, 0.25) is 0 Å². The number of hydrogen-bond donors (Lipinski definition) is 2. The second-order valence-corrected chi connectivity index (χ2v) is 3.94.